The maximum Gasteiger partial charge on any atom is 0.573 e. The second-order valence-corrected chi connectivity index (χ2v) is 6.59. The number of benzene rings is 1. The molecule has 0 radical (unpaired) electrons. The van der Waals surface area contributed by atoms with Gasteiger partial charge in [0.1, 0.15) is 5.75 Å². The van der Waals surface area contributed by atoms with Crippen molar-refractivity contribution in [2.75, 3.05) is 6.61 Å². The Labute approximate surface area is 149 Å². The van der Waals surface area contributed by atoms with Gasteiger partial charge in [-0.2, -0.15) is 0 Å². The van der Waals surface area contributed by atoms with E-state index in [0.717, 1.165) is 43.5 Å². The molecule has 0 bridgehead atoms. The number of nitrogens with one attached hydrogen (secondary N) is 1. The fourth-order valence-corrected chi connectivity index (χ4v) is 3.04. The molecule has 0 unspecified atom stereocenters. The topological polar surface area (TPSA) is 64.6 Å². The van der Waals surface area contributed by atoms with Crippen molar-refractivity contribution in [3.8, 4) is 5.75 Å². The summed E-state index contributed by atoms with van der Waals surface area (Å²) in [7, 11) is 0. The van der Waals surface area contributed by atoms with E-state index in [9.17, 15) is 22.8 Å². The summed E-state index contributed by atoms with van der Waals surface area (Å²) in [6, 6.07) is 4.37. The van der Waals surface area contributed by atoms with Crippen LogP contribution >= 0.6 is 0 Å². The second-order valence-electron chi connectivity index (χ2n) is 6.59. The van der Waals surface area contributed by atoms with E-state index in [1.807, 2.05) is 0 Å². The summed E-state index contributed by atoms with van der Waals surface area (Å²) in [5, 5.41) is 2.88. The number of carbonyl (C=O) groups excluding carboxylic acids is 2. The summed E-state index contributed by atoms with van der Waals surface area (Å²) in [4.78, 5) is 23.9. The number of esters is 1. The van der Waals surface area contributed by atoms with Crippen LogP contribution in [0.25, 0.3) is 0 Å². The smallest absolute Gasteiger partial charge is 0.452 e. The molecule has 0 spiro atoms. The Kier molecular flexibility index (Phi) is 6.50. The van der Waals surface area contributed by atoms with E-state index in [2.05, 4.69) is 23.9 Å². The second kappa shape index (κ2) is 8.42. The van der Waals surface area contributed by atoms with Gasteiger partial charge in [-0.1, -0.05) is 26.7 Å². The molecule has 1 aromatic carbocycles. The molecule has 0 saturated heterocycles. The molecular formula is C18H22F3NO4. The van der Waals surface area contributed by atoms with Crippen LogP contribution in [0.1, 0.15) is 43.5 Å². The van der Waals surface area contributed by atoms with Crippen LogP contribution in [0.5, 0.6) is 5.75 Å². The number of alkyl halides is 3. The largest absolute Gasteiger partial charge is 0.573 e. The van der Waals surface area contributed by atoms with E-state index in [1.165, 1.54) is 0 Å². The third kappa shape index (κ3) is 5.93. The van der Waals surface area contributed by atoms with Crippen molar-refractivity contribution in [3.05, 3.63) is 29.8 Å². The zero-order valence-electron chi connectivity index (χ0n) is 14.6. The SMILES string of the molecule is C[C@@H]1[C@@H](C)CCC[C@H]1NC(=O)COC(=O)c1ccc(OC(F)(F)F)cc1. The molecular weight excluding hydrogens is 351 g/mol. The minimum absolute atomic E-state index is 0.0342. The maximum absolute atomic E-state index is 12.1. The first-order valence-corrected chi connectivity index (χ1v) is 8.48. The molecule has 0 aliphatic heterocycles. The van der Waals surface area contributed by atoms with Crippen molar-refractivity contribution in [1.29, 1.82) is 0 Å². The molecule has 1 aromatic rings. The Balaban J connectivity index is 1.81. The number of amides is 1. The molecule has 1 aliphatic rings. The van der Waals surface area contributed by atoms with E-state index >= 15 is 0 Å². The molecule has 3 atom stereocenters. The monoisotopic (exact) mass is 373 g/mol. The molecule has 1 fully saturated rings. The zero-order chi connectivity index (χ0) is 19.3. The number of rotatable bonds is 5. The van der Waals surface area contributed by atoms with Crippen molar-refractivity contribution in [1.82, 2.24) is 5.32 Å². The van der Waals surface area contributed by atoms with Gasteiger partial charge in [0, 0.05) is 6.04 Å². The van der Waals surface area contributed by atoms with Crippen LogP contribution in [0.2, 0.25) is 0 Å². The molecule has 0 aromatic heterocycles. The minimum Gasteiger partial charge on any atom is -0.452 e. The van der Waals surface area contributed by atoms with E-state index in [0.29, 0.717) is 11.8 Å². The molecule has 144 valence electrons. The highest BCUT2D eigenvalue weighted by molar-refractivity contribution is 5.91. The van der Waals surface area contributed by atoms with Crippen molar-refractivity contribution >= 4 is 11.9 Å². The van der Waals surface area contributed by atoms with Crippen LogP contribution in [0.15, 0.2) is 24.3 Å². The molecule has 0 heterocycles. The van der Waals surface area contributed by atoms with Gasteiger partial charge in [-0.3, -0.25) is 4.79 Å². The molecule has 2 rings (SSSR count). The zero-order valence-corrected chi connectivity index (χ0v) is 14.6. The molecule has 1 aliphatic carbocycles. The summed E-state index contributed by atoms with van der Waals surface area (Å²) >= 11 is 0. The predicted molar refractivity (Wildman–Crippen MR) is 87.5 cm³/mol. The van der Waals surface area contributed by atoms with Crippen molar-refractivity contribution < 1.29 is 32.2 Å². The van der Waals surface area contributed by atoms with Crippen LogP contribution in [-0.2, 0) is 9.53 Å². The summed E-state index contributed by atoms with van der Waals surface area (Å²) in [5.74, 6) is -0.740. The standard InChI is InChI=1S/C18H22F3NO4/c1-11-4-3-5-15(12(11)2)22-16(23)10-25-17(24)13-6-8-14(9-7-13)26-18(19,20)21/h6-9,11-12,15H,3-5,10H2,1-2H3,(H,22,23)/t11-,12+,15+/m0/s1. The molecule has 8 heteroatoms. The highest BCUT2D eigenvalue weighted by atomic mass is 19.4. The Morgan fingerprint density at radius 3 is 2.42 bits per heavy atom. The van der Waals surface area contributed by atoms with Gasteiger partial charge in [0.05, 0.1) is 5.56 Å². The minimum atomic E-state index is -4.80. The van der Waals surface area contributed by atoms with Crippen LogP contribution in [0.4, 0.5) is 13.2 Å². The van der Waals surface area contributed by atoms with Gasteiger partial charge < -0.3 is 14.8 Å². The lowest BCUT2D eigenvalue weighted by atomic mass is 9.78. The fourth-order valence-electron chi connectivity index (χ4n) is 3.04. The van der Waals surface area contributed by atoms with E-state index in [4.69, 9.17) is 4.74 Å². The Bertz CT molecular complexity index is 630. The van der Waals surface area contributed by atoms with Crippen LogP contribution in [-0.4, -0.2) is 30.9 Å². The van der Waals surface area contributed by atoms with Crippen LogP contribution < -0.4 is 10.1 Å². The first-order valence-electron chi connectivity index (χ1n) is 8.48. The lowest BCUT2D eigenvalue weighted by Gasteiger charge is -2.34. The van der Waals surface area contributed by atoms with Gasteiger partial charge in [-0.25, -0.2) is 4.79 Å². The third-order valence-corrected chi connectivity index (χ3v) is 4.71. The van der Waals surface area contributed by atoms with Crippen molar-refractivity contribution in [2.24, 2.45) is 11.8 Å². The average Bonchev–Trinajstić information content (AvgIpc) is 2.56. The summed E-state index contributed by atoms with van der Waals surface area (Å²) in [6.45, 7) is 3.80. The van der Waals surface area contributed by atoms with Gasteiger partial charge in [0.25, 0.3) is 5.91 Å². The Morgan fingerprint density at radius 2 is 1.81 bits per heavy atom. The fraction of sp³-hybridized carbons (Fsp3) is 0.556. The van der Waals surface area contributed by atoms with Gasteiger partial charge in [0.2, 0.25) is 0 Å². The molecule has 1 amide bonds. The first-order chi connectivity index (χ1) is 12.2. The van der Waals surface area contributed by atoms with Crippen molar-refractivity contribution in [3.63, 3.8) is 0 Å². The van der Waals surface area contributed by atoms with Crippen molar-refractivity contribution in [2.45, 2.75) is 45.5 Å². The van der Waals surface area contributed by atoms with Crippen LogP contribution in [0.3, 0.4) is 0 Å². The van der Waals surface area contributed by atoms with Gasteiger partial charge in [-0.15, -0.1) is 13.2 Å². The van der Waals surface area contributed by atoms with E-state index in [1.54, 1.807) is 0 Å². The lowest BCUT2D eigenvalue weighted by molar-refractivity contribution is -0.274. The number of hydrogen-bond acceptors (Lipinski definition) is 4. The molecule has 5 nitrogen and oxygen atoms in total. The highest BCUT2D eigenvalue weighted by Crippen LogP contribution is 2.29. The predicted octanol–water partition coefficient (Wildman–Crippen LogP) is 3.68. The number of halogens is 3. The normalized spacial score (nSPS) is 23.2. The Morgan fingerprint density at radius 1 is 1.15 bits per heavy atom. The number of carbonyl (C=O) groups is 2. The quantitative estimate of drug-likeness (QED) is 0.800. The average molecular weight is 373 g/mol. The molecule has 26 heavy (non-hydrogen) atoms. The van der Waals surface area contributed by atoms with Crippen LogP contribution in [0, 0.1) is 11.8 Å². The maximum atomic E-state index is 12.1. The summed E-state index contributed by atoms with van der Waals surface area (Å²) in [5.41, 5.74) is 0.0342. The van der Waals surface area contributed by atoms with E-state index < -0.39 is 24.7 Å². The summed E-state index contributed by atoms with van der Waals surface area (Å²) in [6.07, 6.45) is -1.72. The Hall–Kier alpha value is -2.25. The lowest BCUT2D eigenvalue weighted by Crippen LogP contribution is -2.45. The van der Waals surface area contributed by atoms with Gasteiger partial charge in [0.15, 0.2) is 6.61 Å². The third-order valence-electron chi connectivity index (χ3n) is 4.71. The number of hydrogen-bond donors (Lipinski definition) is 1. The molecule has 1 saturated carbocycles. The van der Waals surface area contributed by atoms with E-state index in [-0.39, 0.29) is 17.5 Å². The number of ether oxygens (including phenoxy) is 2. The van der Waals surface area contributed by atoms with Gasteiger partial charge in [-0.05, 0) is 42.5 Å². The van der Waals surface area contributed by atoms with Gasteiger partial charge >= 0.3 is 12.3 Å². The first kappa shape index (κ1) is 20.1. The highest BCUT2D eigenvalue weighted by Gasteiger charge is 2.31. The summed E-state index contributed by atoms with van der Waals surface area (Å²) < 4.78 is 44.9. The molecule has 1 N–H and O–H groups in total.